The number of aliphatic hydroxyl groups is 1. The Morgan fingerprint density at radius 3 is 2.38 bits per heavy atom. The fourth-order valence-corrected chi connectivity index (χ4v) is 3.73. The Labute approximate surface area is 176 Å². The van der Waals surface area contributed by atoms with Crippen molar-refractivity contribution in [3.8, 4) is 0 Å². The van der Waals surface area contributed by atoms with Gasteiger partial charge in [-0.05, 0) is 65.2 Å². The normalized spacial score (nSPS) is 18.8. The number of carbonyl (C=O) groups is 1. The molecule has 1 unspecified atom stereocenters. The van der Waals surface area contributed by atoms with Gasteiger partial charge in [-0.2, -0.15) is 0 Å². The van der Waals surface area contributed by atoms with E-state index < -0.39 is 33.5 Å². The average molecular weight is 429 g/mol. The number of alkyl halides is 1. The highest BCUT2D eigenvalue weighted by atomic mass is 32.2. The van der Waals surface area contributed by atoms with Crippen molar-refractivity contribution < 1.29 is 23.6 Å². The number of nitrogens with one attached hydrogen (secondary N) is 1. The number of hydrogen-bond acceptors (Lipinski definition) is 5. The molecule has 0 radical (unpaired) electrons. The first-order valence-corrected chi connectivity index (χ1v) is 10.9. The zero-order valence-electron chi connectivity index (χ0n) is 18.3. The molecule has 164 valence electrons. The van der Waals surface area contributed by atoms with Crippen molar-refractivity contribution in [1.82, 2.24) is 9.62 Å². The lowest BCUT2D eigenvalue weighted by Gasteiger charge is -2.45. The van der Waals surface area contributed by atoms with Crippen LogP contribution >= 0.6 is 0 Å². The van der Waals surface area contributed by atoms with Crippen molar-refractivity contribution in [2.45, 2.75) is 77.1 Å². The lowest BCUT2D eigenvalue weighted by molar-refractivity contribution is -0.0538. The van der Waals surface area contributed by atoms with E-state index in [1.807, 2.05) is 27.7 Å². The fourth-order valence-electron chi connectivity index (χ4n) is 2.92. The number of amides is 1. The molecule has 1 aliphatic rings. The maximum atomic E-state index is 15.5. The van der Waals surface area contributed by atoms with Crippen LogP contribution in [0.1, 0.15) is 71.2 Å². The molecule has 2 atom stereocenters. The molecular formula is C21H33FN2O4S. The summed E-state index contributed by atoms with van der Waals surface area (Å²) >= 11 is -1.29. The van der Waals surface area contributed by atoms with Crippen molar-refractivity contribution in [1.29, 1.82) is 0 Å². The monoisotopic (exact) mass is 428 g/mol. The van der Waals surface area contributed by atoms with Gasteiger partial charge in [0.1, 0.15) is 10.3 Å². The number of ether oxygens (including phenoxy) is 1. The number of benzene rings is 1. The molecule has 29 heavy (non-hydrogen) atoms. The minimum absolute atomic E-state index is 0.105. The lowest BCUT2D eigenvalue weighted by Crippen LogP contribution is -2.59. The van der Waals surface area contributed by atoms with E-state index in [-0.39, 0.29) is 25.7 Å². The van der Waals surface area contributed by atoms with Crippen molar-refractivity contribution >= 4 is 17.5 Å². The summed E-state index contributed by atoms with van der Waals surface area (Å²) in [6.45, 7) is 12.3. The van der Waals surface area contributed by atoms with Gasteiger partial charge in [-0.25, -0.2) is 9.18 Å². The Morgan fingerprint density at radius 2 is 1.90 bits per heavy atom. The summed E-state index contributed by atoms with van der Waals surface area (Å²) in [4.78, 5) is 13.5. The molecule has 2 N–H and O–H groups in total. The molecule has 1 aromatic rings. The molecule has 6 nitrogen and oxygen atoms in total. The SMILES string of the molecule is CC(N[S@+]([O-])C(C)(C)C)c1cc(CO)cc(C2(F)CN(C(=O)OC(C)(C)C)C2)c1. The van der Waals surface area contributed by atoms with Crippen molar-refractivity contribution in [2.24, 2.45) is 0 Å². The summed E-state index contributed by atoms with van der Waals surface area (Å²) in [6, 6.07) is 4.80. The number of likely N-dealkylation sites (tertiary alicyclic amines) is 1. The summed E-state index contributed by atoms with van der Waals surface area (Å²) in [7, 11) is 0. The average Bonchev–Trinajstić information content (AvgIpc) is 2.55. The second kappa shape index (κ2) is 8.41. The maximum Gasteiger partial charge on any atom is 0.410 e. The molecule has 0 aliphatic carbocycles. The lowest BCUT2D eigenvalue weighted by atomic mass is 9.85. The molecule has 0 aromatic heterocycles. The van der Waals surface area contributed by atoms with Gasteiger partial charge in [0.2, 0.25) is 0 Å². The summed E-state index contributed by atoms with van der Waals surface area (Å²) < 4.78 is 35.8. The third-order valence-corrected chi connectivity index (χ3v) is 6.27. The molecule has 8 heteroatoms. The van der Waals surface area contributed by atoms with Gasteiger partial charge in [0, 0.05) is 11.4 Å². The largest absolute Gasteiger partial charge is 0.598 e. The summed E-state index contributed by atoms with van der Waals surface area (Å²) in [6.07, 6.45) is -0.542. The Morgan fingerprint density at radius 1 is 1.31 bits per heavy atom. The fraction of sp³-hybridized carbons (Fsp3) is 0.667. The number of rotatable bonds is 5. The maximum absolute atomic E-state index is 15.5. The summed E-state index contributed by atoms with van der Waals surface area (Å²) in [5.74, 6) is 0. The van der Waals surface area contributed by atoms with Gasteiger partial charge in [0.05, 0.1) is 25.7 Å². The van der Waals surface area contributed by atoms with E-state index in [0.717, 1.165) is 5.56 Å². The van der Waals surface area contributed by atoms with E-state index in [4.69, 9.17) is 4.74 Å². The third-order valence-electron chi connectivity index (χ3n) is 4.59. The zero-order chi connectivity index (χ0) is 22.2. The molecule has 1 aliphatic heterocycles. The van der Waals surface area contributed by atoms with Crippen LogP contribution in [0.15, 0.2) is 18.2 Å². The highest BCUT2D eigenvalue weighted by Crippen LogP contribution is 2.38. The molecular weight excluding hydrogens is 395 g/mol. The van der Waals surface area contributed by atoms with Crippen LogP contribution in [0.4, 0.5) is 9.18 Å². The van der Waals surface area contributed by atoms with Crippen LogP contribution < -0.4 is 4.72 Å². The summed E-state index contributed by atoms with van der Waals surface area (Å²) in [5.41, 5.74) is -0.648. The van der Waals surface area contributed by atoms with Gasteiger partial charge < -0.3 is 19.3 Å². The van der Waals surface area contributed by atoms with Gasteiger partial charge in [-0.15, -0.1) is 4.72 Å². The van der Waals surface area contributed by atoms with Crippen molar-refractivity contribution in [3.63, 3.8) is 0 Å². The molecule has 1 fully saturated rings. The molecule has 2 rings (SSSR count). The highest BCUT2D eigenvalue weighted by molar-refractivity contribution is 7.90. The Bertz CT molecular complexity index is 739. The zero-order valence-corrected chi connectivity index (χ0v) is 19.2. The molecule has 1 heterocycles. The van der Waals surface area contributed by atoms with Gasteiger partial charge >= 0.3 is 6.09 Å². The van der Waals surface area contributed by atoms with E-state index >= 15 is 4.39 Å². The van der Waals surface area contributed by atoms with Gasteiger partial charge in [-0.3, -0.25) is 0 Å². The van der Waals surface area contributed by atoms with Crippen molar-refractivity contribution in [3.05, 3.63) is 34.9 Å². The number of aliphatic hydroxyl groups excluding tert-OH is 1. The van der Waals surface area contributed by atoms with E-state index in [2.05, 4.69) is 4.72 Å². The molecule has 0 bridgehead atoms. The second-order valence-corrected chi connectivity index (χ2v) is 11.6. The first-order valence-electron chi connectivity index (χ1n) is 9.75. The third kappa shape index (κ3) is 6.07. The van der Waals surface area contributed by atoms with E-state index in [9.17, 15) is 14.5 Å². The number of nitrogens with zero attached hydrogens (tertiary/aromatic N) is 1. The molecule has 1 aromatic carbocycles. The number of halogens is 1. The second-order valence-electron chi connectivity index (χ2n) is 9.64. The first kappa shape index (κ1) is 23.9. The standard InChI is InChI=1S/C21H33FN2O4S/c1-14(23-29(27)20(5,6)7)16-8-15(11-25)9-17(10-16)21(22)12-24(13-21)18(26)28-19(2,3)4/h8-10,14,23,25H,11-13H2,1-7H3/t14?,29-/m1/s1. The van der Waals surface area contributed by atoms with Crippen LogP contribution in [0, 0.1) is 0 Å². The van der Waals surface area contributed by atoms with E-state index in [0.29, 0.717) is 11.1 Å². The minimum Gasteiger partial charge on any atom is -0.598 e. The molecule has 0 spiro atoms. The van der Waals surface area contributed by atoms with Crippen LogP contribution in [-0.2, 0) is 28.4 Å². The van der Waals surface area contributed by atoms with E-state index in [1.165, 1.54) is 4.90 Å². The molecule has 0 saturated carbocycles. The van der Waals surface area contributed by atoms with Crippen LogP contribution in [0.5, 0.6) is 0 Å². The first-order chi connectivity index (χ1) is 13.1. The van der Waals surface area contributed by atoms with Crippen LogP contribution in [-0.4, -0.2) is 44.1 Å². The Balaban J connectivity index is 2.18. The number of carbonyl (C=O) groups excluding carboxylic acids is 1. The van der Waals surface area contributed by atoms with Crippen molar-refractivity contribution in [2.75, 3.05) is 13.1 Å². The van der Waals surface area contributed by atoms with Gasteiger partial charge in [0.25, 0.3) is 0 Å². The molecule has 1 amide bonds. The summed E-state index contributed by atoms with van der Waals surface area (Å²) in [5, 5.41) is 9.62. The smallest absolute Gasteiger partial charge is 0.410 e. The topological polar surface area (TPSA) is 84.9 Å². The Hall–Kier alpha value is -1.35. The van der Waals surface area contributed by atoms with Crippen LogP contribution in [0.3, 0.4) is 0 Å². The Kier molecular flexibility index (Phi) is 6.94. The quantitative estimate of drug-likeness (QED) is 0.699. The predicted molar refractivity (Wildman–Crippen MR) is 112 cm³/mol. The molecule has 1 saturated heterocycles. The van der Waals surface area contributed by atoms with E-state index in [1.54, 1.807) is 39.0 Å². The predicted octanol–water partition coefficient (Wildman–Crippen LogP) is 3.71. The number of hydrogen-bond donors (Lipinski definition) is 2. The van der Waals surface area contributed by atoms with Crippen LogP contribution in [0.25, 0.3) is 0 Å². The van der Waals surface area contributed by atoms with Crippen LogP contribution in [0.2, 0.25) is 0 Å². The highest BCUT2D eigenvalue weighted by Gasteiger charge is 2.48. The van der Waals surface area contributed by atoms with Gasteiger partial charge in [0.15, 0.2) is 5.67 Å². The van der Waals surface area contributed by atoms with Gasteiger partial charge in [-0.1, -0.05) is 18.2 Å². The minimum atomic E-state index is -1.71.